The molecule has 0 spiro atoms. The van der Waals surface area contributed by atoms with Crippen molar-refractivity contribution in [3.8, 4) is 0 Å². The van der Waals surface area contributed by atoms with E-state index in [2.05, 4.69) is 35.2 Å². The molecule has 0 aliphatic carbocycles. The van der Waals surface area contributed by atoms with Gasteiger partial charge in [0.2, 0.25) is 0 Å². The molecule has 1 aromatic heterocycles. The molecule has 0 saturated carbocycles. The third-order valence-electron chi connectivity index (χ3n) is 4.55. The molecule has 1 aromatic carbocycles. The number of nitrogens with one attached hydrogen (secondary N) is 1. The number of benzene rings is 1. The fraction of sp³-hybridized carbons (Fsp3) is 0.474. The van der Waals surface area contributed by atoms with Crippen molar-refractivity contribution in [2.45, 2.75) is 40.3 Å². The lowest BCUT2D eigenvalue weighted by Gasteiger charge is -2.16. The summed E-state index contributed by atoms with van der Waals surface area (Å²) in [5.41, 5.74) is 4.91. The van der Waals surface area contributed by atoms with Gasteiger partial charge in [0, 0.05) is 25.8 Å². The maximum atomic E-state index is 12.6. The second kappa shape index (κ2) is 6.77. The normalized spacial score (nSPS) is 14.2. The molecule has 24 heavy (non-hydrogen) atoms. The second-order valence-corrected chi connectivity index (χ2v) is 7.09. The molecule has 1 amide bonds. The van der Waals surface area contributed by atoms with E-state index in [-0.39, 0.29) is 5.91 Å². The van der Waals surface area contributed by atoms with Crippen molar-refractivity contribution in [2.75, 3.05) is 11.9 Å². The Morgan fingerprint density at radius 2 is 2.12 bits per heavy atom. The monoisotopic (exact) mass is 326 g/mol. The lowest BCUT2D eigenvalue weighted by Crippen LogP contribution is -2.20. The standard InChI is InChI=1S/C19H26N4O/c1-13(2)8-9-23-11-15-6-5-7-17(16(15)12-23)20-19(24)18-10-14(3)21-22(18)4/h5-7,10,13H,8-9,11-12H2,1-4H3,(H,20,24). The first-order chi connectivity index (χ1) is 11.4. The van der Waals surface area contributed by atoms with E-state index in [1.54, 1.807) is 11.7 Å². The number of aryl methyl sites for hydroxylation is 2. The SMILES string of the molecule is Cc1cc(C(=O)Nc2cccc3c2CN(CCC(C)C)C3)n(C)n1. The van der Waals surface area contributed by atoms with Gasteiger partial charge in [0.05, 0.1) is 5.69 Å². The number of anilines is 1. The van der Waals surface area contributed by atoms with Crippen LogP contribution in [0, 0.1) is 12.8 Å². The summed E-state index contributed by atoms with van der Waals surface area (Å²) < 4.78 is 1.63. The van der Waals surface area contributed by atoms with Crippen LogP contribution in [-0.4, -0.2) is 27.1 Å². The first-order valence-corrected chi connectivity index (χ1v) is 8.59. The van der Waals surface area contributed by atoms with Gasteiger partial charge in [-0.05, 0) is 49.1 Å². The van der Waals surface area contributed by atoms with Crippen molar-refractivity contribution in [3.05, 3.63) is 46.8 Å². The molecule has 0 saturated heterocycles. The topological polar surface area (TPSA) is 50.2 Å². The van der Waals surface area contributed by atoms with E-state index in [9.17, 15) is 4.79 Å². The second-order valence-electron chi connectivity index (χ2n) is 7.09. The van der Waals surface area contributed by atoms with Crippen molar-refractivity contribution in [1.82, 2.24) is 14.7 Å². The first kappa shape index (κ1) is 16.7. The number of rotatable bonds is 5. The summed E-state index contributed by atoms with van der Waals surface area (Å²) in [6.07, 6.45) is 1.20. The quantitative estimate of drug-likeness (QED) is 0.917. The van der Waals surface area contributed by atoms with Crippen LogP contribution in [-0.2, 0) is 20.1 Å². The lowest BCUT2D eigenvalue weighted by atomic mass is 10.1. The molecule has 2 heterocycles. The highest BCUT2D eigenvalue weighted by atomic mass is 16.2. The van der Waals surface area contributed by atoms with Crippen LogP contribution in [0.5, 0.6) is 0 Å². The molecule has 128 valence electrons. The van der Waals surface area contributed by atoms with Gasteiger partial charge in [-0.2, -0.15) is 5.10 Å². The Bertz CT molecular complexity index is 748. The molecule has 3 rings (SSSR count). The van der Waals surface area contributed by atoms with E-state index in [0.717, 1.165) is 31.0 Å². The summed E-state index contributed by atoms with van der Waals surface area (Å²) in [6.45, 7) is 9.37. The number of aromatic nitrogens is 2. The molecule has 0 fully saturated rings. The molecule has 5 nitrogen and oxygen atoms in total. The van der Waals surface area contributed by atoms with Crippen molar-refractivity contribution >= 4 is 11.6 Å². The Labute approximate surface area is 143 Å². The van der Waals surface area contributed by atoms with Gasteiger partial charge in [0.1, 0.15) is 5.69 Å². The zero-order valence-electron chi connectivity index (χ0n) is 15.0. The van der Waals surface area contributed by atoms with Gasteiger partial charge in [-0.1, -0.05) is 26.0 Å². The predicted molar refractivity (Wildman–Crippen MR) is 95.9 cm³/mol. The molecule has 0 atom stereocenters. The fourth-order valence-electron chi connectivity index (χ4n) is 3.22. The van der Waals surface area contributed by atoms with Crippen LogP contribution in [0.1, 0.15) is 47.6 Å². The molecule has 0 unspecified atom stereocenters. The molecular formula is C19H26N4O. The molecule has 0 bridgehead atoms. The highest BCUT2D eigenvalue weighted by Crippen LogP contribution is 2.30. The van der Waals surface area contributed by atoms with Crippen LogP contribution in [0.4, 0.5) is 5.69 Å². The van der Waals surface area contributed by atoms with Gasteiger partial charge in [-0.3, -0.25) is 14.4 Å². The Hall–Kier alpha value is -2.14. The number of carbonyl (C=O) groups is 1. The van der Waals surface area contributed by atoms with Gasteiger partial charge in [0.15, 0.2) is 0 Å². The van der Waals surface area contributed by atoms with Crippen LogP contribution >= 0.6 is 0 Å². The van der Waals surface area contributed by atoms with Crippen LogP contribution in [0.2, 0.25) is 0 Å². The van der Waals surface area contributed by atoms with E-state index < -0.39 is 0 Å². The zero-order valence-corrected chi connectivity index (χ0v) is 15.0. The van der Waals surface area contributed by atoms with Crippen molar-refractivity contribution < 1.29 is 4.79 Å². The Kier molecular flexibility index (Phi) is 4.71. The minimum atomic E-state index is -0.105. The van der Waals surface area contributed by atoms with Crippen LogP contribution in [0.25, 0.3) is 0 Å². The molecule has 0 radical (unpaired) electrons. The lowest BCUT2D eigenvalue weighted by molar-refractivity contribution is 0.101. The number of nitrogens with zero attached hydrogens (tertiary/aromatic N) is 3. The van der Waals surface area contributed by atoms with Gasteiger partial charge < -0.3 is 5.32 Å². The van der Waals surface area contributed by atoms with E-state index in [1.165, 1.54) is 17.5 Å². The number of carbonyl (C=O) groups excluding carboxylic acids is 1. The van der Waals surface area contributed by atoms with Crippen LogP contribution in [0.3, 0.4) is 0 Å². The van der Waals surface area contributed by atoms with Crippen LogP contribution in [0.15, 0.2) is 24.3 Å². The summed E-state index contributed by atoms with van der Waals surface area (Å²) in [7, 11) is 1.80. The summed E-state index contributed by atoms with van der Waals surface area (Å²) in [4.78, 5) is 15.0. The zero-order chi connectivity index (χ0) is 17.3. The Balaban J connectivity index is 1.74. The maximum Gasteiger partial charge on any atom is 0.273 e. The minimum absolute atomic E-state index is 0.105. The highest BCUT2D eigenvalue weighted by Gasteiger charge is 2.23. The number of amides is 1. The van der Waals surface area contributed by atoms with Crippen molar-refractivity contribution in [3.63, 3.8) is 0 Å². The predicted octanol–water partition coefficient (Wildman–Crippen LogP) is 3.34. The van der Waals surface area contributed by atoms with Gasteiger partial charge in [0.25, 0.3) is 5.91 Å². The van der Waals surface area contributed by atoms with Crippen molar-refractivity contribution in [2.24, 2.45) is 13.0 Å². The number of fused-ring (bicyclic) bond motifs is 1. The molecule has 1 N–H and O–H groups in total. The summed E-state index contributed by atoms with van der Waals surface area (Å²) in [6, 6.07) is 7.99. The van der Waals surface area contributed by atoms with Gasteiger partial charge >= 0.3 is 0 Å². The Morgan fingerprint density at radius 1 is 1.33 bits per heavy atom. The average Bonchev–Trinajstić information content (AvgIpc) is 3.08. The number of hydrogen-bond donors (Lipinski definition) is 1. The molecule has 2 aromatic rings. The largest absolute Gasteiger partial charge is 0.320 e. The molecule has 5 heteroatoms. The van der Waals surface area contributed by atoms with Crippen LogP contribution < -0.4 is 5.32 Å². The fourth-order valence-corrected chi connectivity index (χ4v) is 3.22. The molecule has 1 aliphatic rings. The third kappa shape index (κ3) is 3.51. The summed E-state index contributed by atoms with van der Waals surface area (Å²) >= 11 is 0. The first-order valence-electron chi connectivity index (χ1n) is 8.59. The highest BCUT2D eigenvalue weighted by molar-refractivity contribution is 6.03. The van der Waals surface area contributed by atoms with E-state index in [4.69, 9.17) is 0 Å². The van der Waals surface area contributed by atoms with Crippen molar-refractivity contribution in [1.29, 1.82) is 0 Å². The maximum absolute atomic E-state index is 12.6. The number of hydrogen-bond acceptors (Lipinski definition) is 3. The average molecular weight is 326 g/mol. The van der Waals surface area contributed by atoms with E-state index in [0.29, 0.717) is 11.6 Å². The van der Waals surface area contributed by atoms with Gasteiger partial charge in [-0.25, -0.2) is 0 Å². The summed E-state index contributed by atoms with van der Waals surface area (Å²) in [5, 5.41) is 7.32. The minimum Gasteiger partial charge on any atom is -0.320 e. The molecular weight excluding hydrogens is 300 g/mol. The Morgan fingerprint density at radius 3 is 2.79 bits per heavy atom. The van der Waals surface area contributed by atoms with E-state index >= 15 is 0 Å². The summed E-state index contributed by atoms with van der Waals surface area (Å²) in [5.74, 6) is 0.605. The third-order valence-corrected chi connectivity index (χ3v) is 4.55. The van der Waals surface area contributed by atoms with E-state index in [1.807, 2.05) is 25.1 Å². The molecule has 1 aliphatic heterocycles. The van der Waals surface area contributed by atoms with Gasteiger partial charge in [-0.15, -0.1) is 0 Å². The smallest absolute Gasteiger partial charge is 0.273 e.